The Balaban J connectivity index is 1.40. The van der Waals surface area contributed by atoms with Gasteiger partial charge in [0.05, 0.1) is 17.8 Å². The van der Waals surface area contributed by atoms with Crippen LogP contribution < -0.4 is 10.1 Å². The maximum Gasteiger partial charge on any atom is 0.158 e. The van der Waals surface area contributed by atoms with Crippen molar-refractivity contribution < 1.29 is 9.84 Å². The van der Waals surface area contributed by atoms with E-state index >= 15 is 0 Å². The number of hydrogen-bond donors (Lipinski definition) is 2. The second kappa shape index (κ2) is 9.54. The number of hydrogen-bond acceptors (Lipinski definition) is 6. The molecule has 0 aliphatic heterocycles. The van der Waals surface area contributed by atoms with Crippen LogP contribution in [0.4, 0.5) is 11.5 Å². The highest BCUT2D eigenvalue weighted by Gasteiger charge is 2.14. The maximum atomic E-state index is 9.38. The molecule has 3 aromatic heterocycles. The van der Waals surface area contributed by atoms with Gasteiger partial charge in [-0.05, 0) is 42.8 Å². The second-order valence-electron chi connectivity index (χ2n) is 7.78. The number of halogens is 1. The van der Waals surface area contributed by atoms with Crippen LogP contribution in [0.1, 0.15) is 11.4 Å². The highest BCUT2D eigenvalue weighted by molar-refractivity contribution is 6.34. The minimum absolute atomic E-state index is 0.0156. The molecular formula is C25H23ClN6O2. The number of nitrogens with one attached hydrogen (secondary N) is 1. The zero-order valence-corrected chi connectivity index (χ0v) is 19.3. The van der Waals surface area contributed by atoms with Gasteiger partial charge in [-0.15, -0.1) is 0 Å². The minimum atomic E-state index is 0.0156. The van der Waals surface area contributed by atoms with Crippen LogP contribution in [0.5, 0.6) is 11.5 Å². The van der Waals surface area contributed by atoms with Crippen LogP contribution in [-0.4, -0.2) is 35.8 Å². The van der Waals surface area contributed by atoms with Crippen molar-refractivity contribution in [2.24, 2.45) is 0 Å². The lowest BCUT2D eigenvalue weighted by molar-refractivity contribution is 0.278. The van der Waals surface area contributed by atoms with Gasteiger partial charge < -0.3 is 24.3 Å². The number of ether oxygens (including phenoxy) is 1. The number of aromatic nitrogens is 5. The molecule has 0 fully saturated rings. The van der Waals surface area contributed by atoms with E-state index in [1.165, 1.54) is 6.33 Å². The number of aliphatic hydroxyl groups is 1. The molecule has 5 rings (SSSR count). The summed E-state index contributed by atoms with van der Waals surface area (Å²) in [4.78, 5) is 13.0. The first-order chi connectivity index (χ1) is 16.6. The molecule has 34 heavy (non-hydrogen) atoms. The van der Waals surface area contributed by atoms with E-state index < -0.39 is 0 Å². The van der Waals surface area contributed by atoms with E-state index in [1.807, 2.05) is 72.4 Å². The summed E-state index contributed by atoms with van der Waals surface area (Å²) in [6.07, 6.45) is 7.12. The average Bonchev–Trinajstić information content (AvgIpc) is 3.44. The Morgan fingerprint density at radius 3 is 2.74 bits per heavy atom. The third-order valence-electron chi connectivity index (χ3n) is 5.51. The molecule has 0 radical (unpaired) electrons. The van der Waals surface area contributed by atoms with E-state index in [0.29, 0.717) is 41.1 Å². The highest BCUT2D eigenvalue weighted by Crippen LogP contribution is 2.37. The molecule has 0 amide bonds. The molecule has 0 spiro atoms. The lowest BCUT2D eigenvalue weighted by atomic mass is 10.2. The predicted molar refractivity (Wildman–Crippen MR) is 132 cm³/mol. The third kappa shape index (κ3) is 4.46. The zero-order chi connectivity index (χ0) is 23.5. The van der Waals surface area contributed by atoms with Gasteiger partial charge >= 0.3 is 0 Å². The van der Waals surface area contributed by atoms with Crippen molar-refractivity contribution in [1.82, 2.24) is 24.1 Å². The first-order valence-corrected chi connectivity index (χ1v) is 11.2. The normalized spacial score (nSPS) is 11.1. The molecule has 0 unspecified atom stereocenters. The Labute approximate surface area is 201 Å². The van der Waals surface area contributed by atoms with Crippen molar-refractivity contribution in [3.05, 3.63) is 89.9 Å². The Morgan fingerprint density at radius 1 is 1.03 bits per heavy atom. The summed E-state index contributed by atoms with van der Waals surface area (Å²) in [5, 5.41) is 13.1. The van der Waals surface area contributed by atoms with Crippen molar-refractivity contribution in [3.63, 3.8) is 0 Å². The quantitative estimate of drug-likeness (QED) is 0.322. The maximum absolute atomic E-state index is 9.38. The van der Waals surface area contributed by atoms with E-state index in [0.717, 1.165) is 22.4 Å². The Kier molecular flexibility index (Phi) is 6.16. The predicted octanol–water partition coefficient (Wildman–Crippen LogP) is 5.17. The SMILES string of the molecule is Cc1nccn1Cc1cccc(Oc2cccc(Nc3ncnc4ccn(CCO)c34)c2Cl)c1. The van der Waals surface area contributed by atoms with E-state index in [-0.39, 0.29) is 6.61 Å². The second-order valence-corrected chi connectivity index (χ2v) is 8.16. The van der Waals surface area contributed by atoms with Crippen LogP contribution in [0.15, 0.2) is 73.4 Å². The molecule has 2 N–H and O–H groups in total. The number of nitrogens with zero attached hydrogens (tertiary/aromatic N) is 5. The summed E-state index contributed by atoms with van der Waals surface area (Å²) in [6.45, 7) is 3.14. The van der Waals surface area contributed by atoms with Gasteiger partial charge in [0.1, 0.15) is 34.2 Å². The first-order valence-electron chi connectivity index (χ1n) is 10.8. The number of imidazole rings is 1. The van der Waals surface area contributed by atoms with E-state index in [4.69, 9.17) is 16.3 Å². The standard InChI is InChI=1S/C25H23ClN6O2/c1-17-27-9-11-32(17)15-18-4-2-5-19(14-18)34-22-7-3-6-20(23(22)26)30-25-24-21(28-16-29-25)8-10-31(24)12-13-33/h2-11,14,16,33H,12-13,15H2,1H3,(H,28,29,30). The smallest absolute Gasteiger partial charge is 0.158 e. The van der Waals surface area contributed by atoms with E-state index in [9.17, 15) is 5.11 Å². The van der Waals surface area contributed by atoms with Gasteiger partial charge in [0.15, 0.2) is 5.82 Å². The molecule has 5 aromatic rings. The summed E-state index contributed by atoms with van der Waals surface area (Å²) in [5.74, 6) is 2.77. The number of rotatable bonds is 8. The van der Waals surface area contributed by atoms with E-state index in [1.54, 1.807) is 6.20 Å². The molecule has 172 valence electrons. The molecule has 3 heterocycles. The summed E-state index contributed by atoms with van der Waals surface area (Å²) < 4.78 is 10.1. The van der Waals surface area contributed by atoms with Gasteiger partial charge in [0, 0.05) is 31.7 Å². The van der Waals surface area contributed by atoms with Crippen molar-refractivity contribution in [2.75, 3.05) is 11.9 Å². The average molecular weight is 475 g/mol. The van der Waals surface area contributed by atoms with Crippen molar-refractivity contribution in [2.45, 2.75) is 20.0 Å². The molecule has 0 aliphatic carbocycles. The van der Waals surface area contributed by atoms with Gasteiger partial charge in [0.25, 0.3) is 0 Å². The van der Waals surface area contributed by atoms with Crippen LogP contribution in [0.2, 0.25) is 5.02 Å². The molecule has 0 bridgehead atoms. The minimum Gasteiger partial charge on any atom is -0.456 e. The highest BCUT2D eigenvalue weighted by atomic mass is 35.5. The number of benzene rings is 2. The van der Waals surface area contributed by atoms with Gasteiger partial charge in [0.2, 0.25) is 0 Å². The van der Waals surface area contributed by atoms with Crippen molar-refractivity contribution in [1.29, 1.82) is 0 Å². The molecule has 0 saturated carbocycles. The fourth-order valence-electron chi connectivity index (χ4n) is 3.83. The Hall–Kier alpha value is -3.88. The molecule has 9 heteroatoms. The number of fused-ring (bicyclic) bond motifs is 1. The van der Waals surface area contributed by atoms with Gasteiger partial charge in [-0.3, -0.25) is 0 Å². The lowest BCUT2D eigenvalue weighted by Crippen LogP contribution is -2.04. The van der Waals surface area contributed by atoms with Gasteiger partial charge in [-0.1, -0.05) is 29.8 Å². The fourth-order valence-corrected chi connectivity index (χ4v) is 4.05. The summed E-state index contributed by atoms with van der Waals surface area (Å²) in [6, 6.07) is 15.3. The number of aryl methyl sites for hydroxylation is 1. The third-order valence-corrected chi connectivity index (χ3v) is 5.90. The fraction of sp³-hybridized carbons (Fsp3) is 0.160. The van der Waals surface area contributed by atoms with Crippen LogP contribution in [0.3, 0.4) is 0 Å². The molecule has 2 aromatic carbocycles. The zero-order valence-electron chi connectivity index (χ0n) is 18.5. The topological polar surface area (TPSA) is 90.0 Å². The number of aliphatic hydroxyl groups excluding tert-OH is 1. The molecule has 0 atom stereocenters. The van der Waals surface area contributed by atoms with E-state index in [2.05, 4.69) is 24.8 Å². The van der Waals surface area contributed by atoms with Crippen LogP contribution in [0.25, 0.3) is 11.0 Å². The summed E-state index contributed by atoms with van der Waals surface area (Å²) in [5.41, 5.74) is 3.32. The first kappa shape index (κ1) is 21.9. The summed E-state index contributed by atoms with van der Waals surface area (Å²) >= 11 is 6.72. The Bertz CT molecular complexity index is 1440. The van der Waals surface area contributed by atoms with Crippen LogP contribution >= 0.6 is 11.6 Å². The van der Waals surface area contributed by atoms with Crippen molar-refractivity contribution in [3.8, 4) is 11.5 Å². The molecule has 0 aliphatic rings. The monoisotopic (exact) mass is 474 g/mol. The summed E-state index contributed by atoms with van der Waals surface area (Å²) in [7, 11) is 0. The van der Waals surface area contributed by atoms with Crippen LogP contribution in [-0.2, 0) is 13.1 Å². The van der Waals surface area contributed by atoms with Crippen LogP contribution in [0, 0.1) is 6.92 Å². The molecular weight excluding hydrogens is 452 g/mol. The van der Waals surface area contributed by atoms with Gasteiger partial charge in [-0.2, -0.15) is 0 Å². The lowest BCUT2D eigenvalue weighted by Gasteiger charge is -2.14. The largest absolute Gasteiger partial charge is 0.456 e. The Morgan fingerprint density at radius 2 is 1.91 bits per heavy atom. The molecule has 0 saturated heterocycles. The molecule has 8 nitrogen and oxygen atoms in total. The van der Waals surface area contributed by atoms with Crippen molar-refractivity contribution >= 4 is 34.1 Å². The van der Waals surface area contributed by atoms with Gasteiger partial charge in [-0.25, -0.2) is 15.0 Å². The number of anilines is 2.